The standard InChI is InChI=1S/C21H15ClN4OS.C21H14ClN3OS2.C20H14ClN5S.C20H16ClN3OS.C19H13Cl2N3OS/c22-13-3-1-12(2-4-13)18(27)16-11-17(28-19(16)21-25-9-10-26-21)14-5-7-23-20-15(14)6-8-24-20;22-13-3-1-12(2-4-13)18(26)15-11-17(28-20(15)21-24-8-9-25-21)14-5-7-23-16-6-10-27-19(14)16;1-23-17-15(10-12-2-4-14(21)5-3-12)19(20-25-8-9-26-20)27-18(17)13-6-7-24-16(22)11-13;1-12-10-14(6-7-22-12)17-11-16(19(26-17)20-23-8-9-24-20)18(25)13-2-4-15(21)5-3-13;20-13-3-1-11(2-4-13)17(25)14-10-15(12-5-6-22-16(21)9-12)26-18(14)19-23-7-8-24-19/h1-11,18,27H,(H,23,24)(H,25,26);1-11,18,26H,(H,24,25);2-9,11H,10H2,(H2,22,24)(H,25,26);2-11,18,25H,1H3,(H,23,24);1-10,17,25H,(H,23,24). The van der Waals surface area contributed by atoms with Crippen LogP contribution in [-0.4, -0.2) is 100 Å². The minimum atomic E-state index is -0.797. The number of nitrogens with zero attached hydrogens (tertiary/aromatic N) is 11. The Balaban J connectivity index is 0.000000113. The number of H-pyrrole nitrogens is 6. The molecule has 4 unspecified atom stereocenters. The number of halogens is 6. The summed E-state index contributed by atoms with van der Waals surface area (Å²) in [5, 5.41) is 50.9. The van der Waals surface area contributed by atoms with Gasteiger partial charge in [0.05, 0.1) is 41.2 Å². The average Bonchev–Trinajstić information content (AvgIpc) is 1.63. The number of hydrogen-bond acceptors (Lipinski definition) is 21. The number of aryl methyl sites for hydroxylation is 1. The molecular weight excluding hydrogens is 1930 g/mol. The predicted octanol–water partition coefficient (Wildman–Crippen LogP) is 28.0. The number of aromatic nitrogens is 16. The van der Waals surface area contributed by atoms with Gasteiger partial charge in [-0.15, -0.1) is 68.0 Å². The topological polar surface area (TPSA) is 335 Å². The van der Waals surface area contributed by atoms with Crippen molar-refractivity contribution in [3.8, 4) is 106 Å². The van der Waals surface area contributed by atoms with Gasteiger partial charge >= 0.3 is 0 Å². The maximum absolute atomic E-state index is 11.1. The molecule has 17 aromatic heterocycles. The van der Waals surface area contributed by atoms with E-state index in [4.69, 9.17) is 81.9 Å². The highest BCUT2D eigenvalue weighted by Gasteiger charge is 2.29. The van der Waals surface area contributed by atoms with Crippen molar-refractivity contribution in [1.82, 2.24) is 79.7 Å². The van der Waals surface area contributed by atoms with Gasteiger partial charge in [-0.05, 0) is 214 Å². The van der Waals surface area contributed by atoms with E-state index in [0.717, 1.165) is 182 Å². The molecule has 0 saturated heterocycles. The van der Waals surface area contributed by atoms with Crippen LogP contribution in [0.15, 0.2) is 311 Å². The van der Waals surface area contributed by atoms with E-state index in [9.17, 15) is 20.4 Å². The van der Waals surface area contributed by atoms with Gasteiger partial charge in [0.2, 0.25) is 5.69 Å². The number of nitrogen functional groups attached to an aromatic ring is 1. The van der Waals surface area contributed by atoms with Crippen molar-refractivity contribution < 1.29 is 20.4 Å². The molecule has 12 N–H and O–H groups in total. The molecule has 0 amide bonds. The Morgan fingerprint density at radius 1 is 0.356 bits per heavy atom. The Bertz CT molecular complexity index is 7430. The number of imidazole rings is 5. The van der Waals surface area contributed by atoms with E-state index in [1.807, 2.05) is 164 Å². The predicted molar refractivity (Wildman–Crippen MR) is 550 cm³/mol. The molecule has 0 aliphatic rings. The molecule has 4 atom stereocenters. The molecule has 0 bridgehead atoms. The first-order chi connectivity index (χ1) is 65.8. The Kier molecular flexibility index (Phi) is 28.8. The van der Waals surface area contributed by atoms with Gasteiger partial charge in [0, 0.05) is 193 Å². The fourth-order valence-corrected chi connectivity index (χ4v) is 22.6. The third kappa shape index (κ3) is 21.2. The number of thiophene rings is 6. The van der Waals surface area contributed by atoms with Crippen molar-refractivity contribution in [3.63, 3.8) is 0 Å². The lowest BCUT2D eigenvalue weighted by Gasteiger charge is -2.11. The molecule has 22 nitrogen and oxygen atoms in total. The van der Waals surface area contributed by atoms with Crippen LogP contribution in [0, 0.1) is 13.5 Å². The van der Waals surface area contributed by atoms with E-state index in [1.165, 1.54) is 22.7 Å². The van der Waals surface area contributed by atoms with E-state index >= 15 is 0 Å². The number of aliphatic hydroxyl groups excluding tert-OH is 4. The summed E-state index contributed by atoms with van der Waals surface area (Å²) in [5.41, 5.74) is 22.7. The maximum Gasteiger partial charge on any atom is 0.209 e. The van der Waals surface area contributed by atoms with Crippen molar-refractivity contribution in [2.45, 2.75) is 37.8 Å². The van der Waals surface area contributed by atoms with Crippen LogP contribution in [0.3, 0.4) is 0 Å². The summed E-state index contributed by atoms with van der Waals surface area (Å²) in [5.74, 6) is 4.12. The Hall–Kier alpha value is -13.2. The highest BCUT2D eigenvalue weighted by molar-refractivity contribution is 7.21. The molecule has 0 fully saturated rings. The third-order valence-electron chi connectivity index (χ3n) is 21.5. The Morgan fingerprint density at radius 3 is 1.19 bits per heavy atom. The molecular formula is C101H72Cl6N18O4S6. The SMILES string of the molecule is Cc1cc(-c2cc(C(O)c3ccc(Cl)cc3)c(-c3ncc[nH]3)s2)ccn1.OC(c1ccc(Cl)cc1)c1cc(-c2ccnc(Cl)c2)sc1-c1ncc[nH]1.OC(c1ccc(Cl)cc1)c1cc(-c2ccnc3[nH]ccc23)sc1-c1ncc[nH]1.OC(c1ccc(Cl)cc1)c1cc(-c2ccnc3ccsc23)sc1-c1ncc[nH]1.[C-]#[N+]c1c(-c2ccnc(N)c2)sc(-c2ncc[nH]2)c1Cc1ccc(Cl)cc1. The number of benzene rings is 5. The molecule has 0 aliphatic heterocycles. The van der Waals surface area contributed by atoms with E-state index in [-0.39, 0.29) is 0 Å². The Morgan fingerprint density at radius 2 is 0.748 bits per heavy atom. The Labute approximate surface area is 826 Å². The van der Waals surface area contributed by atoms with E-state index in [1.54, 1.807) is 193 Å². The summed E-state index contributed by atoms with van der Waals surface area (Å²) in [4.78, 5) is 75.4. The number of rotatable bonds is 20. The van der Waals surface area contributed by atoms with Crippen LogP contribution in [0.25, 0.3) is 132 Å². The van der Waals surface area contributed by atoms with Crippen molar-refractivity contribution in [2.75, 3.05) is 5.73 Å². The minimum absolute atomic E-state index is 0.426. The van der Waals surface area contributed by atoms with Gasteiger partial charge in [0.15, 0.2) is 0 Å². The zero-order valence-corrected chi connectivity index (χ0v) is 79.9. The van der Waals surface area contributed by atoms with E-state index in [2.05, 4.69) is 90.7 Å². The van der Waals surface area contributed by atoms with Crippen LogP contribution in [0.5, 0.6) is 0 Å². The first kappa shape index (κ1) is 92.2. The number of fused-ring (bicyclic) bond motifs is 2. The lowest BCUT2D eigenvalue weighted by molar-refractivity contribution is 0.221. The monoisotopic (exact) mass is 2000 g/mol. The lowest BCUT2D eigenvalue weighted by atomic mass is 10.0. The second-order valence-corrected chi connectivity index (χ2v) is 38.9. The normalized spacial score (nSPS) is 12.0. The highest BCUT2D eigenvalue weighted by Crippen LogP contribution is 2.51. The van der Waals surface area contributed by atoms with Gasteiger partial charge < -0.3 is 56.1 Å². The number of anilines is 1. The van der Waals surface area contributed by atoms with Crippen LogP contribution < -0.4 is 5.73 Å². The summed E-state index contributed by atoms with van der Waals surface area (Å²) in [6.07, 6.45) is 25.5. The average molecular weight is 2010 g/mol. The molecule has 0 saturated carbocycles. The van der Waals surface area contributed by atoms with Gasteiger partial charge in [0.1, 0.15) is 70.2 Å². The zero-order chi connectivity index (χ0) is 93.2. The maximum atomic E-state index is 11.1. The van der Waals surface area contributed by atoms with Gasteiger partial charge in [-0.3, -0.25) is 9.97 Å². The first-order valence-corrected chi connectivity index (χ1v) is 48.6. The van der Waals surface area contributed by atoms with Crippen molar-refractivity contribution >= 4 is 170 Å². The highest BCUT2D eigenvalue weighted by atomic mass is 35.5. The lowest BCUT2D eigenvalue weighted by Crippen LogP contribution is -1.99. The van der Waals surface area contributed by atoms with Crippen molar-refractivity contribution in [2.24, 2.45) is 0 Å². The number of nitrogens with two attached hydrogens (primary N) is 1. The third-order valence-corrected chi connectivity index (χ3v) is 30.0. The number of nitrogens with one attached hydrogen (secondary N) is 6. The largest absolute Gasteiger partial charge is 0.384 e. The molecule has 22 rings (SSSR count). The van der Waals surface area contributed by atoms with Gasteiger partial charge in [-0.2, -0.15) is 0 Å². The molecule has 0 spiro atoms. The zero-order valence-electron chi connectivity index (χ0n) is 70.5. The smallest absolute Gasteiger partial charge is 0.209 e. The molecule has 0 radical (unpaired) electrons. The molecule has 22 aromatic rings. The first-order valence-electron chi connectivity index (χ1n) is 41.4. The number of aromatic amines is 6. The van der Waals surface area contributed by atoms with E-state index < -0.39 is 24.4 Å². The van der Waals surface area contributed by atoms with Crippen LogP contribution >= 0.6 is 138 Å². The van der Waals surface area contributed by atoms with Crippen LogP contribution in [0.2, 0.25) is 30.3 Å². The fraction of sp³-hybridized carbons (Fsp3) is 0.0594. The molecule has 34 heteroatoms. The molecule has 135 heavy (non-hydrogen) atoms. The van der Waals surface area contributed by atoms with Crippen molar-refractivity contribution in [1.29, 1.82) is 0 Å². The number of aliphatic hydroxyl groups is 4. The quantitative estimate of drug-likeness (QED) is 0.0250. The summed E-state index contributed by atoms with van der Waals surface area (Å²) in [6.45, 7) is 9.77. The van der Waals surface area contributed by atoms with Gasteiger partial charge in [0.25, 0.3) is 0 Å². The summed E-state index contributed by atoms with van der Waals surface area (Å²) in [7, 11) is 0. The van der Waals surface area contributed by atoms with Crippen LogP contribution in [0.1, 0.15) is 85.7 Å². The van der Waals surface area contributed by atoms with E-state index in [0.29, 0.717) is 54.0 Å². The van der Waals surface area contributed by atoms with Gasteiger partial charge in [-0.25, -0.2) is 44.7 Å². The van der Waals surface area contributed by atoms with Crippen LogP contribution in [0.4, 0.5) is 11.5 Å². The molecule has 668 valence electrons. The number of hydrogen-bond donors (Lipinski definition) is 11. The van der Waals surface area contributed by atoms with Crippen LogP contribution in [-0.2, 0) is 6.42 Å². The fourth-order valence-electron chi connectivity index (χ4n) is 15.0. The summed E-state index contributed by atoms with van der Waals surface area (Å²) >= 11 is 45.5. The van der Waals surface area contributed by atoms with Crippen molar-refractivity contribution in [3.05, 3.63) is 414 Å². The number of pyridine rings is 5. The molecule has 0 aliphatic carbocycles. The molecule has 17 heterocycles. The second-order valence-electron chi connectivity index (χ2n) is 30.2. The summed E-state index contributed by atoms with van der Waals surface area (Å²) < 4.78 is 1.14. The second kappa shape index (κ2) is 42.1. The van der Waals surface area contributed by atoms with Gasteiger partial charge in [-0.1, -0.05) is 130 Å². The minimum Gasteiger partial charge on any atom is -0.384 e. The molecule has 5 aromatic carbocycles. The summed E-state index contributed by atoms with van der Waals surface area (Å²) in [6, 6.07) is 64.1.